The van der Waals surface area contributed by atoms with Gasteiger partial charge in [-0.1, -0.05) is 53.0 Å². The Morgan fingerprint density at radius 1 is 1.04 bits per heavy atom. The van der Waals surface area contributed by atoms with Crippen molar-refractivity contribution in [2.24, 2.45) is 0 Å². The summed E-state index contributed by atoms with van der Waals surface area (Å²) in [4.78, 5) is 32.0. The quantitative estimate of drug-likeness (QED) is 0.139. The molecule has 2 aromatic heterocycles. The molecule has 1 amide bonds. The first kappa shape index (κ1) is 32.2. The van der Waals surface area contributed by atoms with Crippen molar-refractivity contribution in [3.8, 4) is 0 Å². The number of carbonyl (C=O) groups excluding carboxylic acids is 2. The van der Waals surface area contributed by atoms with Gasteiger partial charge >= 0.3 is 5.97 Å². The van der Waals surface area contributed by atoms with Gasteiger partial charge in [0.1, 0.15) is 11.5 Å². The van der Waals surface area contributed by atoms with Crippen LogP contribution in [0, 0.1) is 6.92 Å². The van der Waals surface area contributed by atoms with Crippen LogP contribution >= 0.6 is 23.2 Å². The van der Waals surface area contributed by atoms with Gasteiger partial charge in [-0.05, 0) is 73.5 Å². The average molecular weight is 667 g/mol. The number of methoxy groups -OCH3 is 1. The fourth-order valence-corrected chi connectivity index (χ4v) is 6.74. The van der Waals surface area contributed by atoms with E-state index in [1.807, 2.05) is 13.0 Å². The zero-order chi connectivity index (χ0) is 32.3. The molecule has 1 aliphatic rings. The highest BCUT2D eigenvalue weighted by atomic mass is 35.5. The number of sulfonamides is 1. The number of aromatic nitrogens is 1. The average Bonchev–Trinajstić information content (AvgIpc) is 3.55. The topological polar surface area (TPSA) is 110 Å². The number of furan rings is 1. The Morgan fingerprint density at radius 3 is 2.47 bits per heavy atom. The summed E-state index contributed by atoms with van der Waals surface area (Å²) < 4.78 is 39.9. The molecule has 9 nitrogen and oxygen atoms in total. The number of hydrogen-bond donors (Lipinski definition) is 0. The van der Waals surface area contributed by atoms with Crippen LogP contribution in [0.15, 0.2) is 105 Å². The number of nitrogens with zero attached hydrogens (tertiary/aromatic N) is 3. The molecule has 0 unspecified atom stereocenters. The van der Waals surface area contributed by atoms with Crippen molar-refractivity contribution < 1.29 is 27.2 Å². The molecule has 0 atom stereocenters. The lowest BCUT2D eigenvalue weighted by molar-refractivity contribution is -0.136. The number of hydrogen-bond acceptors (Lipinski definition) is 7. The number of aryl methyl sites for hydroxylation is 1. The Morgan fingerprint density at radius 2 is 1.80 bits per heavy atom. The number of esters is 1. The van der Waals surface area contributed by atoms with Crippen molar-refractivity contribution in [3.63, 3.8) is 0 Å². The summed E-state index contributed by atoms with van der Waals surface area (Å²) in [6.07, 6.45) is 4.74. The number of rotatable bonds is 10. The van der Waals surface area contributed by atoms with Gasteiger partial charge in [0.05, 0.1) is 36.2 Å². The molecule has 45 heavy (non-hydrogen) atoms. The van der Waals surface area contributed by atoms with E-state index in [-0.39, 0.29) is 41.4 Å². The van der Waals surface area contributed by atoms with E-state index in [9.17, 15) is 18.0 Å². The normalized spacial score (nSPS) is 14.6. The summed E-state index contributed by atoms with van der Waals surface area (Å²) in [7, 11) is -2.75. The minimum atomic E-state index is -4.00. The highest BCUT2D eigenvalue weighted by Crippen LogP contribution is 2.33. The van der Waals surface area contributed by atoms with Crippen molar-refractivity contribution >= 4 is 51.2 Å². The van der Waals surface area contributed by atoms with E-state index in [4.69, 9.17) is 32.4 Å². The minimum Gasteiger partial charge on any atom is -0.465 e. The molecule has 1 aliphatic heterocycles. The van der Waals surface area contributed by atoms with Gasteiger partial charge in [-0.25, -0.2) is 13.2 Å². The molecular weight excluding hydrogens is 637 g/mol. The highest BCUT2D eigenvalue weighted by Gasteiger charge is 2.37. The third-order valence-corrected chi connectivity index (χ3v) is 9.68. The number of pyridine rings is 1. The smallest absolute Gasteiger partial charge is 0.340 e. The molecule has 0 radical (unpaired) electrons. The molecule has 3 heterocycles. The zero-order valence-corrected chi connectivity index (χ0v) is 27.0. The van der Waals surface area contributed by atoms with E-state index in [0.717, 1.165) is 11.1 Å². The van der Waals surface area contributed by atoms with E-state index < -0.39 is 21.9 Å². The van der Waals surface area contributed by atoms with E-state index in [2.05, 4.69) is 4.98 Å². The maximum atomic E-state index is 13.8. The molecule has 4 aromatic rings. The van der Waals surface area contributed by atoms with E-state index in [1.165, 1.54) is 22.4 Å². The summed E-state index contributed by atoms with van der Waals surface area (Å²) in [5, 5.41) is 0.751. The molecular formula is C33H29Cl2N3O6S. The lowest BCUT2D eigenvalue weighted by Crippen LogP contribution is -2.30. The van der Waals surface area contributed by atoms with Gasteiger partial charge in [0.25, 0.3) is 5.91 Å². The fraction of sp³-hybridized carbons (Fsp3) is 0.182. The number of benzene rings is 2. The predicted molar refractivity (Wildman–Crippen MR) is 170 cm³/mol. The van der Waals surface area contributed by atoms with Crippen molar-refractivity contribution in [3.05, 3.63) is 134 Å². The number of carbonyl (C=O) groups is 2. The first-order valence-corrected chi connectivity index (χ1v) is 16.0. The third-order valence-electron chi connectivity index (χ3n) is 7.29. The van der Waals surface area contributed by atoms with Crippen molar-refractivity contribution in [1.29, 1.82) is 0 Å². The van der Waals surface area contributed by atoms with Crippen LogP contribution in [-0.2, 0) is 44.0 Å². The summed E-state index contributed by atoms with van der Waals surface area (Å²) in [6.45, 7) is 3.55. The van der Waals surface area contributed by atoms with Gasteiger partial charge in [-0.2, -0.15) is 4.31 Å². The standard InChI is InChI=1S/C33H29Cl2N3O6S/c1-21-6-12-28(13-7-21)45(41,42)37(19-24-8-9-25(34)15-30(24)35)20-27-11-10-26(44-27)16-29-31(33(40)43-3)22(2)38(32(29)39)18-23-5-4-14-36-17-23/h4-17H,18-20H2,1-3H3/b29-16+. The Balaban J connectivity index is 1.47. The Labute approximate surface area is 271 Å². The van der Waals surface area contributed by atoms with Crippen LogP contribution in [-0.4, -0.2) is 41.6 Å². The maximum absolute atomic E-state index is 13.8. The summed E-state index contributed by atoms with van der Waals surface area (Å²) >= 11 is 12.5. The SMILES string of the molecule is COC(=O)C1=C(C)N(Cc2cccnc2)C(=O)/C1=C/c1ccc(CN(Cc2ccc(Cl)cc2Cl)S(=O)(=O)c2ccc(C)cc2)o1. The summed E-state index contributed by atoms with van der Waals surface area (Å²) in [6, 6.07) is 18.2. The van der Waals surface area contributed by atoms with Crippen LogP contribution in [0.1, 0.15) is 35.1 Å². The number of allylic oxidation sites excluding steroid dienone is 1. The number of amides is 1. The molecule has 0 aliphatic carbocycles. The Hall–Kier alpha value is -4.22. The predicted octanol–water partition coefficient (Wildman–Crippen LogP) is 6.55. The summed E-state index contributed by atoms with van der Waals surface area (Å²) in [5.74, 6) is -0.512. The minimum absolute atomic E-state index is 0.0560. The van der Waals surface area contributed by atoms with Crippen molar-refractivity contribution in [1.82, 2.24) is 14.2 Å². The monoisotopic (exact) mass is 665 g/mol. The van der Waals surface area contributed by atoms with Gasteiger partial charge in [0.15, 0.2) is 0 Å². The van der Waals surface area contributed by atoms with Gasteiger partial charge < -0.3 is 14.1 Å². The maximum Gasteiger partial charge on any atom is 0.340 e. The lowest BCUT2D eigenvalue weighted by atomic mass is 10.1. The molecule has 0 bridgehead atoms. The molecule has 0 N–H and O–H groups in total. The Kier molecular flexibility index (Phi) is 9.59. The molecule has 12 heteroatoms. The van der Waals surface area contributed by atoms with Crippen LogP contribution in [0.3, 0.4) is 0 Å². The highest BCUT2D eigenvalue weighted by molar-refractivity contribution is 7.89. The van der Waals surface area contributed by atoms with Crippen molar-refractivity contribution in [2.45, 2.75) is 38.4 Å². The van der Waals surface area contributed by atoms with E-state index in [1.54, 1.807) is 80.0 Å². The van der Waals surface area contributed by atoms with E-state index >= 15 is 0 Å². The zero-order valence-electron chi connectivity index (χ0n) is 24.7. The molecule has 0 fully saturated rings. The first-order chi connectivity index (χ1) is 21.5. The van der Waals surface area contributed by atoms with Crippen LogP contribution in [0.5, 0.6) is 0 Å². The van der Waals surface area contributed by atoms with Crippen LogP contribution in [0.25, 0.3) is 6.08 Å². The second kappa shape index (κ2) is 13.4. The van der Waals surface area contributed by atoms with Gasteiger partial charge in [-0.15, -0.1) is 0 Å². The van der Waals surface area contributed by atoms with Crippen LogP contribution in [0.2, 0.25) is 10.0 Å². The molecule has 5 rings (SSSR count). The second-order valence-electron chi connectivity index (χ2n) is 10.4. The van der Waals surface area contributed by atoms with Crippen LogP contribution < -0.4 is 0 Å². The fourth-order valence-electron chi connectivity index (χ4n) is 4.89. The molecule has 0 spiro atoms. The Bertz CT molecular complexity index is 1920. The lowest BCUT2D eigenvalue weighted by Gasteiger charge is -2.22. The first-order valence-electron chi connectivity index (χ1n) is 13.8. The third kappa shape index (κ3) is 7.04. The van der Waals surface area contributed by atoms with Crippen molar-refractivity contribution in [2.75, 3.05) is 7.11 Å². The van der Waals surface area contributed by atoms with Gasteiger partial charge in [0.2, 0.25) is 10.0 Å². The largest absolute Gasteiger partial charge is 0.465 e. The number of halogens is 2. The molecule has 0 saturated heterocycles. The van der Waals surface area contributed by atoms with E-state index in [0.29, 0.717) is 27.1 Å². The van der Waals surface area contributed by atoms with Gasteiger partial charge in [0, 0.05) is 34.7 Å². The second-order valence-corrected chi connectivity index (χ2v) is 13.2. The van der Waals surface area contributed by atoms with Crippen LogP contribution in [0.4, 0.5) is 0 Å². The molecule has 0 saturated carbocycles. The molecule has 2 aromatic carbocycles. The van der Waals surface area contributed by atoms with Gasteiger partial charge in [-0.3, -0.25) is 9.78 Å². The molecule has 232 valence electrons. The number of ether oxygens (including phenoxy) is 1. The summed E-state index contributed by atoms with van der Waals surface area (Å²) in [5.41, 5.74) is 2.90.